The lowest BCUT2D eigenvalue weighted by atomic mass is 10.00. The molecule has 3 amide bonds. The van der Waals surface area contributed by atoms with Crippen LogP contribution >= 0.6 is 62.3 Å². The number of carbonyl (C=O) groups excluding carboxylic acids is 4. The van der Waals surface area contributed by atoms with Gasteiger partial charge >= 0.3 is 18.3 Å². The van der Waals surface area contributed by atoms with Crippen molar-refractivity contribution in [1.29, 1.82) is 0 Å². The van der Waals surface area contributed by atoms with Gasteiger partial charge in [0.15, 0.2) is 32.5 Å². The van der Waals surface area contributed by atoms with Gasteiger partial charge in [0, 0.05) is 19.6 Å². The molecule has 0 aromatic carbocycles. The molecule has 0 unspecified atom stereocenters. The maximum atomic E-state index is 12.6. The van der Waals surface area contributed by atoms with Crippen LogP contribution in [0.5, 0.6) is 0 Å². The van der Waals surface area contributed by atoms with Crippen LogP contribution in [-0.4, -0.2) is 136 Å². The second-order valence-electron chi connectivity index (χ2n) is 23.3. The number of nitrogen functional groups attached to an aromatic ring is 2. The number of ketones is 1. The summed E-state index contributed by atoms with van der Waals surface area (Å²) in [6.45, 7) is 26.2. The molecule has 6 aromatic heterocycles. The van der Waals surface area contributed by atoms with Crippen LogP contribution in [0.2, 0.25) is 20.6 Å². The zero-order chi connectivity index (χ0) is 61.7. The summed E-state index contributed by atoms with van der Waals surface area (Å²) in [5, 5.41) is 24.7. The number of carbonyl (C=O) groups is 4. The van der Waals surface area contributed by atoms with Crippen LogP contribution < -0.4 is 11.5 Å². The Balaban J connectivity index is 0.000000200. The number of Topliss-reactive ketones (excluding diaryl/α,β-unsaturated/α-hetero) is 1. The number of amides is 3. The Bertz CT molecular complexity index is 3110. The van der Waals surface area contributed by atoms with Crippen molar-refractivity contribution in [2.24, 2.45) is 0 Å². The molecule has 83 heavy (non-hydrogen) atoms. The number of fused-ring (bicyclic) bond motifs is 2. The molecule has 4 N–H and O–H groups in total. The third-order valence-corrected chi connectivity index (χ3v) is 14.4. The van der Waals surface area contributed by atoms with Crippen molar-refractivity contribution in [2.45, 2.75) is 183 Å². The number of nitrogens with zero attached hydrogens (tertiary/aromatic N) is 13. The van der Waals surface area contributed by atoms with Gasteiger partial charge in [-0.1, -0.05) is 62.3 Å². The summed E-state index contributed by atoms with van der Waals surface area (Å²) in [5.74, 6) is 0.881. The molecule has 6 aromatic rings. The van der Waals surface area contributed by atoms with E-state index in [0.717, 1.165) is 103 Å². The Kier molecular flexibility index (Phi) is 24.4. The number of alkyl halides is 1. The second-order valence-corrected chi connectivity index (χ2v) is 25.4. The number of likely N-dealkylation sites (tertiary alicyclic amines) is 3. The molecule has 9 rings (SSSR count). The van der Waals surface area contributed by atoms with Gasteiger partial charge in [0.25, 0.3) is 0 Å². The number of imidazole rings is 2. The van der Waals surface area contributed by atoms with E-state index in [1.165, 1.54) is 0 Å². The first-order valence-corrected chi connectivity index (χ1v) is 30.0. The van der Waals surface area contributed by atoms with Crippen molar-refractivity contribution in [2.75, 3.05) is 36.4 Å². The average molecular weight is 1300 g/mol. The fourth-order valence-corrected chi connectivity index (χ4v) is 9.89. The van der Waals surface area contributed by atoms with Gasteiger partial charge in [0.05, 0.1) is 47.2 Å². The van der Waals surface area contributed by atoms with Gasteiger partial charge in [-0.15, -0.1) is 20.4 Å². The van der Waals surface area contributed by atoms with Crippen molar-refractivity contribution < 1.29 is 33.4 Å². The van der Waals surface area contributed by atoms with E-state index in [9.17, 15) is 19.2 Å². The largest absolute Gasteiger partial charge is 0.444 e. The smallest absolute Gasteiger partial charge is 0.410 e. The number of aromatic nitrogens is 10. The standard InChI is InChI=1S/2C17H23ClN4O2.C12H20BrNO3.2C5H6ClN3/c1-11-9-14-19-12(10-22(14)20-15(11)18)13-7-5-6-8-21(13)16(23)24-17(2,3)4;1-11-9-14(18)20-22-10-12(19-15(11)22)13-7-5-6-8-21(13)16(23)24-17(2,3)4;1-12(2,3)17-11(16)14-7-5-4-6-9(14)10(15)8-13;1-3-2-4(7)8-9-5(3)6;1-3-2-4(6)8-9-5(3)7/h2*9-10,13H,5-8H2,1-4H3;9H,4-8H2,1-3H3;2H,1H3,(H2,7,8);2H,1H3,(H2,7,9)/t2*13-;9-;;/m000../s1. The molecule has 0 spiro atoms. The molecule has 0 bridgehead atoms. The number of piperidine rings is 3. The first-order chi connectivity index (χ1) is 38.7. The Morgan fingerprint density at radius 2 is 1.04 bits per heavy atom. The van der Waals surface area contributed by atoms with Crippen LogP contribution in [-0.2, 0) is 19.0 Å². The topological polar surface area (TPSA) is 270 Å². The van der Waals surface area contributed by atoms with Crippen LogP contribution in [0.3, 0.4) is 0 Å². The number of aryl methyl sites for hydroxylation is 4. The van der Waals surface area contributed by atoms with E-state index in [4.69, 9.17) is 77.1 Å². The summed E-state index contributed by atoms with van der Waals surface area (Å²) < 4.78 is 19.8. The first-order valence-electron chi connectivity index (χ1n) is 27.4. The molecule has 27 heteroatoms. The van der Waals surface area contributed by atoms with Crippen molar-refractivity contribution in [1.82, 2.24) is 64.3 Å². The number of ether oxygens (including phenoxy) is 3. The summed E-state index contributed by atoms with van der Waals surface area (Å²) in [7, 11) is 0. The summed E-state index contributed by atoms with van der Waals surface area (Å²) in [6.07, 6.45) is 11.3. The van der Waals surface area contributed by atoms with Crippen LogP contribution in [0.15, 0.2) is 36.7 Å². The molecular weight excluding hydrogens is 1220 g/mol. The summed E-state index contributed by atoms with van der Waals surface area (Å²) >= 11 is 26.3. The van der Waals surface area contributed by atoms with Gasteiger partial charge in [0.1, 0.15) is 33.6 Å². The molecule has 3 saturated heterocycles. The Morgan fingerprint density at radius 3 is 1.53 bits per heavy atom. The third kappa shape index (κ3) is 20.7. The molecule has 0 radical (unpaired) electrons. The SMILES string of the molecule is CC(C)(C)OC(=O)N1CCCC[C@H]1C(=O)CBr.Cc1cc(Cl)nn2cc([C@@H]3CCCCN3C(=O)OC(C)(C)C)nc12.Cc1cc(Cl)nnc1N.Cc1cc(N)nnc1Cl.Cc1cc2nc([C@@H]3CCCCN3C(=O)OC(C)(C)C)cn2nc1Cl. The highest BCUT2D eigenvalue weighted by molar-refractivity contribution is 9.09. The molecule has 454 valence electrons. The van der Waals surface area contributed by atoms with E-state index in [1.807, 2.05) is 108 Å². The lowest BCUT2D eigenvalue weighted by Gasteiger charge is -2.35. The maximum absolute atomic E-state index is 12.6. The van der Waals surface area contributed by atoms with Crippen molar-refractivity contribution in [3.8, 4) is 0 Å². The van der Waals surface area contributed by atoms with Crippen LogP contribution in [0.1, 0.15) is 166 Å². The van der Waals surface area contributed by atoms with E-state index in [2.05, 4.69) is 51.5 Å². The van der Waals surface area contributed by atoms with E-state index in [0.29, 0.717) is 51.9 Å². The summed E-state index contributed by atoms with van der Waals surface area (Å²) in [4.78, 5) is 63.3. The number of hydrogen-bond donors (Lipinski definition) is 2. The predicted molar refractivity (Wildman–Crippen MR) is 326 cm³/mol. The molecule has 3 fully saturated rings. The van der Waals surface area contributed by atoms with Crippen molar-refractivity contribution in [3.05, 3.63) is 90.9 Å². The van der Waals surface area contributed by atoms with E-state index in [1.54, 1.807) is 41.9 Å². The first kappa shape index (κ1) is 67.9. The quantitative estimate of drug-likeness (QED) is 0.123. The van der Waals surface area contributed by atoms with E-state index in [-0.39, 0.29) is 47.5 Å². The Labute approximate surface area is 514 Å². The minimum Gasteiger partial charge on any atom is -0.444 e. The highest BCUT2D eigenvalue weighted by Gasteiger charge is 2.36. The highest BCUT2D eigenvalue weighted by Crippen LogP contribution is 2.34. The maximum Gasteiger partial charge on any atom is 0.410 e. The number of anilines is 2. The van der Waals surface area contributed by atoms with Crippen molar-refractivity contribution in [3.63, 3.8) is 0 Å². The van der Waals surface area contributed by atoms with Gasteiger partial charge in [-0.05, 0) is 194 Å². The van der Waals surface area contributed by atoms with Gasteiger partial charge < -0.3 is 25.7 Å². The molecule has 0 saturated carbocycles. The van der Waals surface area contributed by atoms with Gasteiger partial charge in [0.2, 0.25) is 0 Å². The molecule has 3 atom stereocenters. The third-order valence-electron chi connectivity index (χ3n) is 12.7. The minimum atomic E-state index is -0.517. The molecule has 3 aliphatic heterocycles. The zero-order valence-electron chi connectivity index (χ0n) is 49.6. The number of hydrogen-bond acceptors (Lipinski definition) is 17. The summed E-state index contributed by atoms with van der Waals surface area (Å²) in [5.41, 5.74) is 15.8. The number of halogens is 5. The predicted octanol–water partition coefficient (Wildman–Crippen LogP) is 13.1. The average Bonchev–Trinajstić information content (AvgIpc) is 3.19. The van der Waals surface area contributed by atoms with Gasteiger partial charge in [-0.2, -0.15) is 10.2 Å². The van der Waals surface area contributed by atoms with E-state index >= 15 is 0 Å². The fraction of sp³-hybridized carbons (Fsp3) is 0.571. The highest BCUT2D eigenvalue weighted by atomic mass is 79.9. The lowest BCUT2D eigenvalue weighted by Crippen LogP contribution is -2.50. The second kappa shape index (κ2) is 29.8. The van der Waals surface area contributed by atoms with Crippen LogP contribution in [0.4, 0.5) is 26.0 Å². The van der Waals surface area contributed by atoms with E-state index < -0.39 is 16.8 Å². The molecular formula is C56H78BrCl4N15O7. The number of nitrogens with two attached hydrogens (primary N) is 2. The molecule has 3 aliphatic rings. The zero-order valence-corrected chi connectivity index (χ0v) is 54.2. The normalized spacial score (nSPS) is 17.3. The summed E-state index contributed by atoms with van der Waals surface area (Å²) in [6, 6.07) is 6.54. The van der Waals surface area contributed by atoms with Gasteiger partial charge in [-0.25, -0.2) is 33.4 Å². The molecule has 22 nitrogen and oxygen atoms in total. The minimum absolute atomic E-state index is 0.0514. The van der Waals surface area contributed by atoms with Crippen LogP contribution in [0.25, 0.3) is 11.3 Å². The fourth-order valence-electron chi connectivity index (χ4n) is 8.84. The molecule has 9 heterocycles. The number of rotatable bonds is 4. The van der Waals surface area contributed by atoms with Crippen LogP contribution in [0, 0.1) is 27.7 Å². The lowest BCUT2D eigenvalue weighted by molar-refractivity contribution is -0.122. The molecule has 0 aliphatic carbocycles. The van der Waals surface area contributed by atoms with Crippen molar-refractivity contribution >= 4 is 109 Å². The monoisotopic (exact) mass is 1290 g/mol. The Morgan fingerprint density at radius 1 is 0.554 bits per heavy atom. The Hall–Kier alpha value is -5.88. The van der Waals surface area contributed by atoms with Gasteiger partial charge in [-0.3, -0.25) is 19.5 Å².